The maximum atomic E-state index is 5.34. The number of rotatable bonds is 5. The highest BCUT2D eigenvalue weighted by molar-refractivity contribution is 9.10. The molecule has 3 nitrogen and oxygen atoms in total. The molecule has 0 saturated heterocycles. The van der Waals surface area contributed by atoms with Gasteiger partial charge in [-0.2, -0.15) is 0 Å². The normalized spacial score (nSPS) is 12.1. The molecular formula is C23H21BrN2O. The zero-order chi connectivity index (χ0) is 18.8. The molecule has 0 fully saturated rings. The van der Waals surface area contributed by atoms with Gasteiger partial charge in [-0.15, -0.1) is 0 Å². The molecule has 1 unspecified atom stereocenters. The molecule has 0 aliphatic rings. The SMILES string of the molecule is COc1ccc(C(c2c[nH]c3ccc(Br)cc23)N(C)c2ccccc2)cc1. The van der Waals surface area contributed by atoms with Gasteiger partial charge >= 0.3 is 0 Å². The van der Waals surface area contributed by atoms with Crippen molar-refractivity contribution >= 4 is 32.5 Å². The van der Waals surface area contributed by atoms with Gasteiger partial charge in [0.05, 0.1) is 13.2 Å². The third-order valence-electron chi connectivity index (χ3n) is 4.95. The van der Waals surface area contributed by atoms with Gasteiger partial charge in [-0.25, -0.2) is 0 Å². The molecule has 0 bridgehead atoms. The summed E-state index contributed by atoms with van der Waals surface area (Å²) < 4.78 is 6.42. The van der Waals surface area contributed by atoms with Gasteiger partial charge < -0.3 is 14.6 Å². The first kappa shape index (κ1) is 17.7. The highest BCUT2D eigenvalue weighted by Gasteiger charge is 2.23. The second-order valence-electron chi connectivity index (χ2n) is 6.56. The van der Waals surface area contributed by atoms with Crippen molar-refractivity contribution in [2.24, 2.45) is 0 Å². The Morgan fingerprint density at radius 1 is 0.963 bits per heavy atom. The number of fused-ring (bicyclic) bond motifs is 1. The topological polar surface area (TPSA) is 28.3 Å². The summed E-state index contributed by atoms with van der Waals surface area (Å²) in [6.07, 6.45) is 2.12. The fraction of sp³-hybridized carbons (Fsp3) is 0.130. The van der Waals surface area contributed by atoms with E-state index in [1.54, 1.807) is 7.11 Å². The van der Waals surface area contributed by atoms with E-state index in [0.29, 0.717) is 0 Å². The number of aromatic nitrogens is 1. The van der Waals surface area contributed by atoms with E-state index in [-0.39, 0.29) is 6.04 Å². The van der Waals surface area contributed by atoms with Gasteiger partial charge in [0, 0.05) is 39.9 Å². The van der Waals surface area contributed by atoms with Gasteiger partial charge in [0.2, 0.25) is 0 Å². The largest absolute Gasteiger partial charge is 0.497 e. The van der Waals surface area contributed by atoms with Crippen LogP contribution in [0.25, 0.3) is 10.9 Å². The van der Waals surface area contributed by atoms with Crippen molar-refractivity contribution in [3.8, 4) is 5.75 Å². The lowest BCUT2D eigenvalue weighted by atomic mass is 9.96. The molecule has 1 heterocycles. The van der Waals surface area contributed by atoms with Gasteiger partial charge in [0.25, 0.3) is 0 Å². The lowest BCUT2D eigenvalue weighted by Crippen LogP contribution is -2.25. The minimum atomic E-state index is 0.0707. The molecule has 0 amide bonds. The zero-order valence-electron chi connectivity index (χ0n) is 15.3. The van der Waals surface area contributed by atoms with Gasteiger partial charge in [-0.1, -0.05) is 46.3 Å². The van der Waals surface area contributed by atoms with E-state index in [2.05, 4.69) is 93.7 Å². The summed E-state index contributed by atoms with van der Waals surface area (Å²) in [5, 5.41) is 1.22. The lowest BCUT2D eigenvalue weighted by Gasteiger charge is -2.31. The summed E-state index contributed by atoms with van der Waals surface area (Å²) in [6, 6.07) is 25.2. The quantitative estimate of drug-likeness (QED) is 0.418. The standard InChI is InChI=1S/C23H21BrN2O/c1-26(18-6-4-3-5-7-18)23(16-8-11-19(27-2)12-9-16)21-15-25-22-13-10-17(24)14-20(21)22/h3-15,23,25H,1-2H3. The number of hydrogen-bond acceptors (Lipinski definition) is 2. The Balaban J connectivity index is 1.87. The molecule has 3 aromatic carbocycles. The number of hydrogen-bond donors (Lipinski definition) is 1. The molecule has 0 aliphatic heterocycles. The van der Waals surface area contributed by atoms with Crippen LogP contribution in [-0.4, -0.2) is 19.1 Å². The fourth-order valence-electron chi connectivity index (χ4n) is 3.55. The van der Waals surface area contributed by atoms with E-state index in [9.17, 15) is 0 Å². The van der Waals surface area contributed by atoms with Crippen LogP contribution in [0.3, 0.4) is 0 Å². The number of benzene rings is 3. The van der Waals surface area contributed by atoms with E-state index in [1.807, 2.05) is 18.2 Å². The summed E-state index contributed by atoms with van der Waals surface area (Å²) in [5.41, 5.74) is 4.75. The van der Waals surface area contributed by atoms with E-state index < -0.39 is 0 Å². The molecule has 0 aliphatic carbocycles. The van der Waals surface area contributed by atoms with Crippen LogP contribution < -0.4 is 9.64 Å². The number of nitrogens with zero attached hydrogens (tertiary/aromatic N) is 1. The molecule has 1 N–H and O–H groups in total. The number of H-pyrrole nitrogens is 1. The third-order valence-corrected chi connectivity index (χ3v) is 5.45. The minimum absolute atomic E-state index is 0.0707. The Morgan fingerprint density at radius 2 is 1.70 bits per heavy atom. The predicted molar refractivity (Wildman–Crippen MR) is 116 cm³/mol. The maximum Gasteiger partial charge on any atom is 0.118 e. The maximum absolute atomic E-state index is 5.34. The average Bonchev–Trinajstić information content (AvgIpc) is 3.12. The number of halogens is 1. The number of para-hydroxylation sites is 1. The number of nitrogens with one attached hydrogen (secondary N) is 1. The molecule has 1 atom stereocenters. The van der Waals surface area contributed by atoms with Gasteiger partial charge in [-0.3, -0.25) is 0 Å². The summed E-state index contributed by atoms with van der Waals surface area (Å²) >= 11 is 3.61. The highest BCUT2D eigenvalue weighted by atomic mass is 79.9. The van der Waals surface area contributed by atoms with Crippen LogP contribution in [0.1, 0.15) is 17.2 Å². The number of ether oxygens (including phenoxy) is 1. The van der Waals surface area contributed by atoms with Crippen molar-refractivity contribution in [1.82, 2.24) is 4.98 Å². The van der Waals surface area contributed by atoms with Gasteiger partial charge in [0.1, 0.15) is 5.75 Å². The summed E-state index contributed by atoms with van der Waals surface area (Å²) in [4.78, 5) is 5.73. The average molecular weight is 421 g/mol. The Hall–Kier alpha value is -2.72. The molecule has 0 spiro atoms. The number of methoxy groups -OCH3 is 1. The summed E-state index contributed by atoms with van der Waals surface area (Å²) in [7, 11) is 3.83. The lowest BCUT2D eigenvalue weighted by molar-refractivity contribution is 0.414. The Bertz CT molecular complexity index is 1040. The second-order valence-corrected chi connectivity index (χ2v) is 7.47. The van der Waals surface area contributed by atoms with Crippen LogP contribution >= 0.6 is 15.9 Å². The van der Waals surface area contributed by atoms with Crippen LogP contribution in [-0.2, 0) is 0 Å². The fourth-order valence-corrected chi connectivity index (χ4v) is 3.91. The Labute approximate surface area is 167 Å². The molecular weight excluding hydrogens is 400 g/mol. The van der Waals surface area contributed by atoms with Crippen LogP contribution in [0.5, 0.6) is 5.75 Å². The van der Waals surface area contributed by atoms with Crippen LogP contribution in [0.4, 0.5) is 5.69 Å². The third kappa shape index (κ3) is 3.45. The van der Waals surface area contributed by atoms with Gasteiger partial charge in [0.15, 0.2) is 0 Å². The molecule has 27 heavy (non-hydrogen) atoms. The summed E-state index contributed by atoms with van der Waals surface area (Å²) in [5.74, 6) is 0.863. The zero-order valence-corrected chi connectivity index (χ0v) is 16.9. The second kappa shape index (κ2) is 7.49. The molecule has 1 aromatic heterocycles. The van der Waals surface area contributed by atoms with Crippen molar-refractivity contribution in [1.29, 1.82) is 0 Å². The first-order valence-corrected chi connectivity index (χ1v) is 9.65. The molecule has 136 valence electrons. The number of aromatic amines is 1. The van der Waals surface area contributed by atoms with Gasteiger partial charge in [-0.05, 0) is 48.0 Å². The monoisotopic (exact) mass is 420 g/mol. The molecule has 4 aromatic rings. The minimum Gasteiger partial charge on any atom is -0.497 e. The van der Waals surface area contributed by atoms with E-state index >= 15 is 0 Å². The molecule has 4 heteroatoms. The highest BCUT2D eigenvalue weighted by Crippen LogP contribution is 2.37. The molecule has 4 rings (SSSR count). The Morgan fingerprint density at radius 3 is 2.41 bits per heavy atom. The Kier molecular flexibility index (Phi) is 4.90. The molecule has 0 radical (unpaired) electrons. The van der Waals surface area contributed by atoms with Crippen molar-refractivity contribution in [2.45, 2.75) is 6.04 Å². The summed E-state index contributed by atoms with van der Waals surface area (Å²) in [6.45, 7) is 0. The smallest absolute Gasteiger partial charge is 0.118 e. The van der Waals surface area contributed by atoms with Crippen LogP contribution in [0, 0.1) is 0 Å². The van der Waals surface area contributed by atoms with E-state index in [1.165, 1.54) is 22.2 Å². The molecule has 0 saturated carbocycles. The van der Waals surface area contributed by atoms with E-state index in [0.717, 1.165) is 15.7 Å². The van der Waals surface area contributed by atoms with Crippen LogP contribution in [0.15, 0.2) is 83.5 Å². The van der Waals surface area contributed by atoms with Crippen molar-refractivity contribution in [2.75, 3.05) is 19.1 Å². The van der Waals surface area contributed by atoms with Crippen molar-refractivity contribution in [3.63, 3.8) is 0 Å². The van der Waals surface area contributed by atoms with Crippen molar-refractivity contribution < 1.29 is 4.74 Å². The first-order valence-electron chi connectivity index (χ1n) is 8.86. The van der Waals surface area contributed by atoms with E-state index in [4.69, 9.17) is 4.74 Å². The first-order chi connectivity index (χ1) is 13.2. The number of anilines is 1. The van der Waals surface area contributed by atoms with Crippen LogP contribution in [0.2, 0.25) is 0 Å². The predicted octanol–water partition coefficient (Wildman–Crippen LogP) is 6.16. The van der Waals surface area contributed by atoms with Crippen molar-refractivity contribution in [3.05, 3.63) is 94.6 Å².